The van der Waals surface area contributed by atoms with Gasteiger partial charge in [-0.15, -0.1) is 0 Å². The van der Waals surface area contributed by atoms with E-state index in [4.69, 9.17) is 9.47 Å². The summed E-state index contributed by atoms with van der Waals surface area (Å²) in [6, 6.07) is 7.57. The first kappa shape index (κ1) is 18.9. The number of benzene rings is 1. The van der Waals surface area contributed by atoms with Crippen LogP contribution in [0.15, 0.2) is 36.7 Å². The van der Waals surface area contributed by atoms with E-state index >= 15 is 0 Å². The summed E-state index contributed by atoms with van der Waals surface area (Å²) in [6.07, 6.45) is 5.58. The third-order valence-corrected chi connectivity index (χ3v) is 4.59. The van der Waals surface area contributed by atoms with Gasteiger partial charge in [0.25, 0.3) is 5.91 Å². The van der Waals surface area contributed by atoms with Crippen LogP contribution in [0.1, 0.15) is 29.6 Å². The Morgan fingerprint density at radius 2 is 1.93 bits per heavy atom. The van der Waals surface area contributed by atoms with Crippen molar-refractivity contribution < 1.29 is 19.1 Å². The fourth-order valence-corrected chi connectivity index (χ4v) is 3.30. The zero-order valence-electron chi connectivity index (χ0n) is 15.5. The van der Waals surface area contributed by atoms with Crippen LogP contribution in [0.5, 0.6) is 5.75 Å². The molecule has 8 heteroatoms. The van der Waals surface area contributed by atoms with Gasteiger partial charge in [-0.1, -0.05) is 12.1 Å². The van der Waals surface area contributed by atoms with Crippen LogP contribution in [0, 0.1) is 0 Å². The third kappa shape index (κ3) is 4.65. The number of carbonyl (C=O) groups is 2. The normalized spacial score (nSPS) is 18.9. The smallest absolute Gasteiger partial charge is 0.254 e. The minimum absolute atomic E-state index is 0.0277. The van der Waals surface area contributed by atoms with Gasteiger partial charge < -0.3 is 20.1 Å². The van der Waals surface area contributed by atoms with E-state index in [0.29, 0.717) is 17.7 Å². The Balaban J connectivity index is 1.58. The maximum atomic E-state index is 12.5. The molecule has 1 saturated carbocycles. The highest BCUT2D eigenvalue weighted by molar-refractivity contribution is 5.94. The summed E-state index contributed by atoms with van der Waals surface area (Å²) < 4.78 is 11.8. The Morgan fingerprint density at radius 1 is 1.19 bits per heavy atom. The van der Waals surface area contributed by atoms with E-state index in [9.17, 15) is 9.59 Å². The zero-order chi connectivity index (χ0) is 19.2. The van der Waals surface area contributed by atoms with Crippen molar-refractivity contribution >= 4 is 11.8 Å². The van der Waals surface area contributed by atoms with Crippen molar-refractivity contribution in [1.82, 2.24) is 20.4 Å². The van der Waals surface area contributed by atoms with Gasteiger partial charge in [-0.3, -0.25) is 9.59 Å². The Morgan fingerprint density at radius 3 is 2.67 bits per heavy atom. The molecule has 0 unspecified atom stereocenters. The van der Waals surface area contributed by atoms with Crippen molar-refractivity contribution in [2.45, 2.75) is 31.3 Å². The lowest BCUT2D eigenvalue weighted by Crippen LogP contribution is -2.38. The molecule has 1 heterocycles. The third-order valence-electron chi connectivity index (χ3n) is 4.59. The lowest BCUT2D eigenvalue weighted by atomic mass is 10.2. The van der Waals surface area contributed by atoms with Gasteiger partial charge in [-0.2, -0.15) is 5.10 Å². The molecule has 8 nitrogen and oxygen atoms in total. The van der Waals surface area contributed by atoms with E-state index in [1.165, 1.54) is 13.3 Å². The number of amides is 2. The van der Waals surface area contributed by atoms with Gasteiger partial charge in [-0.05, 0) is 31.4 Å². The van der Waals surface area contributed by atoms with Crippen LogP contribution in [0.4, 0.5) is 0 Å². The fraction of sp³-hybridized carbons (Fsp3) is 0.421. The van der Waals surface area contributed by atoms with Gasteiger partial charge >= 0.3 is 0 Å². The lowest BCUT2D eigenvalue weighted by molar-refractivity contribution is -0.125. The van der Waals surface area contributed by atoms with Crippen LogP contribution in [-0.2, 0) is 9.53 Å². The first-order chi connectivity index (χ1) is 13.1. The monoisotopic (exact) mass is 372 g/mol. The van der Waals surface area contributed by atoms with Gasteiger partial charge in [0, 0.05) is 25.4 Å². The molecule has 1 aromatic heterocycles. The number of aromatic nitrogens is 2. The number of nitrogens with one attached hydrogen (secondary N) is 2. The molecule has 144 valence electrons. The van der Waals surface area contributed by atoms with Crippen LogP contribution in [0.25, 0.3) is 5.69 Å². The van der Waals surface area contributed by atoms with Gasteiger partial charge in [0.15, 0.2) is 0 Å². The summed E-state index contributed by atoms with van der Waals surface area (Å²) in [5, 5.41) is 10.2. The van der Waals surface area contributed by atoms with Crippen LogP contribution in [0.3, 0.4) is 0 Å². The Labute approximate surface area is 157 Å². The molecular formula is C19H24N4O4. The first-order valence-corrected chi connectivity index (χ1v) is 8.88. The summed E-state index contributed by atoms with van der Waals surface area (Å²) in [5.74, 6) is 0.371. The molecule has 2 amide bonds. The molecule has 1 aliphatic carbocycles. The number of hydrogen-bond acceptors (Lipinski definition) is 5. The van der Waals surface area contributed by atoms with Crippen LogP contribution in [-0.4, -0.2) is 54.5 Å². The minimum atomic E-state index is -0.176. The second-order valence-corrected chi connectivity index (χ2v) is 6.53. The number of rotatable bonds is 7. The summed E-state index contributed by atoms with van der Waals surface area (Å²) >= 11 is 0. The van der Waals surface area contributed by atoms with Crippen molar-refractivity contribution in [3.63, 3.8) is 0 Å². The standard InChI is InChI=1S/C19H24N4O4/c1-26-12-18(24)21-14-7-8-15(9-14)22-19(25)13-10-20-23(11-13)16-5-3-4-6-17(16)27-2/h3-6,10-11,14-15H,7-9,12H2,1-2H3,(H,21,24)(H,22,25)/t14-,15+/m0/s1. The van der Waals surface area contributed by atoms with E-state index in [1.54, 1.807) is 18.0 Å². The first-order valence-electron chi connectivity index (χ1n) is 8.88. The predicted octanol–water partition coefficient (Wildman–Crippen LogP) is 1.29. The molecule has 3 rings (SSSR count). The molecule has 0 aliphatic heterocycles. The van der Waals surface area contributed by atoms with E-state index in [-0.39, 0.29) is 30.5 Å². The molecule has 0 bridgehead atoms. The number of methoxy groups -OCH3 is 2. The Hall–Kier alpha value is -2.87. The van der Waals surface area contributed by atoms with E-state index < -0.39 is 0 Å². The summed E-state index contributed by atoms with van der Waals surface area (Å²) in [6.45, 7) is 0.0512. The number of hydrogen-bond donors (Lipinski definition) is 2. The predicted molar refractivity (Wildman–Crippen MR) is 99.0 cm³/mol. The van der Waals surface area contributed by atoms with Gasteiger partial charge in [0.05, 0.1) is 18.9 Å². The SMILES string of the molecule is COCC(=O)N[C@H]1CC[C@@H](NC(=O)c2cnn(-c3ccccc3OC)c2)C1. The summed E-state index contributed by atoms with van der Waals surface area (Å²) in [4.78, 5) is 24.1. The second-order valence-electron chi connectivity index (χ2n) is 6.53. The maximum Gasteiger partial charge on any atom is 0.254 e. The molecule has 0 radical (unpaired) electrons. The molecule has 1 aromatic carbocycles. The van der Waals surface area contributed by atoms with Crippen molar-refractivity contribution in [3.8, 4) is 11.4 Å². The molecule has 2 N–H and O–H groups in total. The number of ether oxygens (including phenoxy) is 2. The topological polar surface area (TPSA) is 94.5 Å². The lowest BCUT2D eigenvalue weighted by Gasteiger charge is -2.14. The van der Waals surface area contributed by atoms with Crippen molar-refractivity contribution in [2.24, 2.45) is 0 Å². The van der Waals surface area contributed by atoms with Crippen molar-refractivity contribution in [1.29, 1.82) is 0 Å². The highest BCUT2D eigenvalue weighted by atomic mass is 16.5. The Kier molecular flexibility index (Phi) is 6.08. The number of para-hydroxylation sites is 2. The Bertz CT molecular complexity index is 805. The molecule has 0 spiro atoms. The van der Waals surface area contributed by atoms with Gasteiger partial charge in [0.1, 0.15) is 18.0 Å². The molecule has 2 atom stereocenters. The number of nitrogens with zero attached hydrogens (tertiary/aromatic N) is 2. The van der Waals surface area contributed by atoms with E-state index in [1.807, 2.05) is 24.3 Å². The van der Waals surface area contributed by atoms with Crippen LogP contribution >= 0.6 is 0 Å². The molecule has 27 heavy (non-hydrogen) atoms. The maximum absolute atomic E-state index is 12.5. The average molecular weight is 372 g/mol. The average Bonchev–Trinajstić information content (AvgIpc) is 3.31. The molecule has 2 aromatic rings. The quantitative estimate of drug-likeness (QED) is 0.764. The van der Waals surface area contributed by atoms with Crippen molar-refractivity contribution in [3.05, 3.63) is 42.2 Å². The summed E-state index contributed by atoms with van der Waals surface area (Å²) in [5.41, 5.74) is 1.24. The molecule has 1 fully saturated rings. The number of carbonyl (C=O) groups excluding carboxylic acids is 2. The highest BCUT2D eigenvalue weighted by Gasteiger charge is 2.27. The van der Waals surface area contributed by atoms with Crippen LogP contribution < -0.4 is 15.4 Å². The highest BCUT2D eigenvalue weighted by Crippen LogP contribution is 2.22. The molecular weight excluding hydrogens is 348 g/mol. The van der Waals surface area contributed by atoms with Gasteiger partial charge in [-0.25, -0.2) is 4.68 Å². The van der Waals surface area contributed by atoms with Crippen molar-refractivity contribution in [2.75, 3.05) is 20.8 Å². The summed E-state index contributed by atoms with van der Waals surface area (Å²) in [7, 11) is 3.08. The second kappa shape index (κ2) is 8.68. The van der Waals surface area contributed by atoms with Gasteiger partial charge in [0.2, 0.25) is 5.91 Å². The largest absolute Gasteiger partial charge is 0.494 e. The molecule has 0 saturated heterocycles. The minimum Gasteiger partial charge on any atom is -0.494 e. The van der Waals surface area contributed by atoms with Crippen LogP contribution in [0.2, 0.25) is 0 Å². The fourth-order valence-electron chi connectivity index (χ4n) is 3.30. The molecule has 1 aliphatic rings. The zero-order valence-corrected chi connectivity index (χ0v) is 15.5. The van der Waals surface area contributed by atoms with E-state index in [2.05, 4.69) is 15.7 Å². The van der Waals surface area contributed by atoms with E-state index in [0.717, 1.165) is 18.5 Å².